The summed E-state index contributed by atoms with van der Waals surface area (Å²) in [4.78, 5) is 2.21. The van der Waals surface area contributed by atoms with Gasteiger partial charge in [-0.2, -0.15) is 0 Å². The molecule has 1 unspecified atom stereocenters. The summed E-state index contributed by atoms with van der Waals surface area (Å²) in [5.41, 5.74) is 7.86. The molecule has 2 nitrogen and oxygen atoms in total. The predicted molar refractivity (Wildman–Crippen MR) is 69.6 cm³/mol. The van der Waals surface area contributed by atoms with Gasteiger partial charge in [-0.25, -0.2) is 4.39 Å². The van der Waals surface area contributed by atoms with Crippen LogP contribution in [0.15, 0.2) is 18.2 Å². The van der Waals surface area contributed by atoms with Gasteiger partial charge in [-0.3, -0.25) is 0 Å². The molecule has 0 heterocycles. The Morgan fingerprint density at radius 3 is 2.71 bits per heavy atom. The van der Waals surface area contributed by atoms with Crippen LogP contribution in [0.5, 0.6) is 0 Å². The topological polar surface area (TPSA) is 29.3 Å². The van der Waals surface area contributed by atoms with Crippen molar-refractivity contribution in [3.8, 4) is 0 Å². The van der Waals surface area contributed by atoms with Gasteiger partial charge in [0.05, 0.1) is 0 Å². The number of nitrogens with two attached hydrogens (primary N) is 1. The summed E-state index contributed by atoms with van der Waals surface area (Å²) in [7, 11) is 2.07. The van der Waals surface area contributed by atoms with Crippen LogP contribution in [-0.4, -0.2) is 13.6 Å². The van der Waals surface area contributed by atoms with Crippen LogP contribution in [0.3, 0.4) is 0 Å². The zero-order chi connectivity index (χ0) is 12.4. The van der Waals surface area contributed by atoms with Crippen LogP contribution < -0.4 is 10.6 Å². The van der Waals surface area contributed by atoms with Gasteiger partial charge < -0.3 is 10.6 Å². The summed E-state index contributed by atoms with van der Waals surface area (Å²) >= 11 is 0. The van der Waals surface area contributed by atoms with Crippen LogP contribution in [0.25, 0.3) is 0 Å². The third-order valence-electron chi connectivity index (χ3n) is 3.65. The van der Waals surface area contributed by atoms with Crippen LogP contribution in [0.4, 0.5) is 10.1 Å². The minimum atomic E-state index is -0.210. The van der Waals surface area contributed by atoms with Crippen molar-refractivity contribution in [2.45, 2.75) is 32.2 Å². The van der Waals surface area contributed by atoms with E-state index in [4.69, 9.17) is 5.73 Å². The van der Waals surface area contributed by atoms with Crippen molar-refractivity contribution in [1.82, 2.24) is 0 Å². The lowest BCUT2D eigenvalue weighted by molar-refractivity contribution is 0.321. The quantitative estimate of drug-likeness (QED) is 0.870. The van der Waals surface area contributed by atoms with Gasteiger partial charge in [0.15, 0.2) is 0 Å². The molecule has 2 rings (SSSR count). The van der Waals surface area contributed by atoms with Crippen molar-refractivity contribution >= 4 is 5.69 Å². The summed E-state index contributed by atoms with van der Waals surface area (Å²) in [5.74, 6) is 0.587. The fourth-order valence-electron chi connectivity index (χ4n) is 2.40. The van der Waals surface area contributed by atoms with Crippen molar-refractivity contribution in [2.24, 2.45) is 11.7 Å². The molecule has 0 amide bonds. The molecular formula is C14H21FN2. The van der Waals surface area contributed by atoms with Crippen LogP contribution in [0.2, 0.25) is 0 Å². The maximum absolute atomic E-state index is 13.2. The largest absolute Gasteiger partial charge is 0.374 e. The summed E-state index contributed by atoms with van der Waals surface area (Å²) in [6, 6.07) is 4.77. The Morgan fingerprint density at radius 2 is 2.18 bits per heavy atom. The highest BCUT2D eigenvalue weighted by molar-refractivity contribution is 5.54. The van der Waals surface area contributed by atoms with Crippen molar-refractivity contribution in [3.05, 3.63) is 29.6 Å². The predicted octanol–water partition coefficient (Wildman–Crippen LogP) is 3.08. The lowest BCUT2D eigenvalue weighted by atomic mass is 9.85. The van der Waals surface area contributed by atoms with E-state index in [-0.39, 0.29) is 11.9 Å². The minimum absolute atomic E-state index is 0.135. The lowest BCUT2D eigenvalue weighted by Crippen LogP contribution is -2.30. The van der Waals surface area contributed by atoms with Gasteiger partial charge in [0.2, 0.25) is 0 Å². The van der Waals surface area contributed by atoms with Crippen molar-refractivity contribution in [3.63, 3.8) is 0 Å². The molecule has 0 aromatic heterocycles. The normalized spacial score (nSPS) is 17.6. The highest BCUT2D eigenvalue weighted by Gasteiger charge is 2.20. The Kier molecular flexibility index (Phi) is 3.67. The first-order valence-corrected chi connectivity index (χ1v) is 6.34. The number of halogens is 1. The standard InChI is InChI=1S/C14H21FN2/c1-10(16)13-8-12(15)6-7-14(13)17(2)9-11-4-3-5-11/h6-8,10-11H,3-5,9,16H2,1-2H3. The number of hydrogen-bond acceptors (Lipinski definition) is 2. The molecule has 1 aromatic carbocycles. The monoisotopic (exact) mass is 236 g/mol. The van der Waals surface area contributed by atoms with E-state index in [2.05, 4.69) is 11.9 Å². The fraction of sp³-hybridized carbons (Fsp3) is 0.571. The average molecular weight is 236 g/mol. The molecule has 94 valence electrons. The lowest BCUT2D eigenvalue weighted by Gasteiger charge is -2.32. The second kappa shape index (κ2) is 5.05. The van der Waals surface area contributed by atoms with E-state index in [1.54, 1.807) is 6.07 Å². The molecule has 0 bridgehead atoms. The zero-order valence-corrected chi connectivity index (χ0v) is 10.6. The van der Waals surface area contributed by atoms with Gasteiger partial charge in [-0.1, -0.05) is 6.42 Å². The maximum Gasteiger partial charge on any atom is 0.123 e. The number of hydrogen-bond donors (Lipinski definition) is 1. The van der Waals surface area contributed by atoms with Gasteiger partial charge in [-0.15, -0.1) is 0 Å². The Bertz CT molecular complexity index is 386. The van der Waals surface area contributed by atoms with E-state index in [0.717, 1.165) is 23.7 Å². The molecule has 1 fully saturated rings. The van der Waals surface area contributed by atoms with E-state index in [0.29, 0.717) is 0 Å². The molecule has 0 aliphatic heterocycles. The van der Waals surface area contributed by atoms with Gasteiger partial charge in [0.25, 0.3) is 0 Å². The SMILES string of the molecule is CC(N)c1cc(F)ccc1N(C)CC1CCC1. The molecule has 1 saturated carbocycles. The summed E-state index contributed by atoms with van der Waals surface area (Å²) in [6.45, 7) is 2.95. The van der Waals surface area contributed by atoms with E-state index in [1.807, 2.05) is 13.0 Å². The Hall–Kier alpha value is -1.09. The summed E-state index contributed by atoms with van der Waals surface area (Å²) in [5, 5.41) is 0. The molecule has 3 heteroatoms. The van der Waals surface area contributed by atoms with E-state index >= 15 is 0 Å². The molecule has 1 aromatic rings. The summed E-state index contributed by atoms with van der Waals surface area (Å²) in [6.07, 6.45) is 3.99. The van der Waals surface area contributed by atoms with Gasteiger partial charge >= 0.3 is 0 Å². The smallest absolute Gasteiger partial charge is 0.123 e. The van der Waals surface area contributed by atoms with Crippen molar-refractivity contribution < 1.29 is 4.39 Å². The third-order valence-corrected chi connectivity index (χ3v) is 3.65. The van der Waals surface area contributed by atoms with E-state index < -0.39 is 0 Å². The van der Waals surface area contributed by atoms with Crippen LogP contribution >= 0.6 is 0 Å². The highest BCUT2D eigenvalue weighted by atomic mass is 19.1. The summed E-state index contributed by atoms with van der Waals surface area (Å²) < 4.78 is 13.2. The fourth-order valence-corrected chi connectivity index (χ4v) is 2.40. The molecule has 2 N–H and O–H groups in total. The molecule has 17 heavy (non-hydrogen) atoms. The van der Waals surface area contributed by atoms with E-state index in [9.17, 15) is 4.39 Å². The molecule has 0 saturated heterocycles. The Balaban J connectivity index is 2.17. The molecular weight excluding hydrogens is 215 g/mol. The first kappa shape index (κ1) is 12.4. The zero-order valence-electron chi connectivity index (χ0n) is 10.6. The molecule has 1 atom stereocenters. The first-order chi connectivity index (χ1) is 8.08. The van der Waals surface area contributed by atoms with Crippen molar-refractivity contribution in [2.75, 3.05) is 18.5 Å². The molecule has 0 radical (unpaired) electrons. The van der Waals surface area contributed by atoms with Crippen LogP contribution in [0, 0.1) is 11.7 Å². The second-order valence-corrected chi connectivity index (χ2v) is 5.17. The van der Waals surface area contributed by atoms with Gasteiger partial charge in [0, 0.05) is 25.3 Å². The second-order valence-electron chi connectivity index (χ2n) is 5.17. The minimum Gasteiger partial charge on any atom is -0.374 e. The number of nitrogens with zero attached hydrogens (tertiary/aromatic N) is 1. The molecule has 0 spiro atoms. The van der Waals surface area contributed by atoms with Gasteiger partial charge in [0.1, 0.15) is 5.82 Å². The Labute approximate surface area is 103 Å². The first-order valence-electron chi connectivity index (χ1n) is 6.34. The van der Waals surface area contributed by atoms with Crippen molar-refractivity contribution in [1.29, 1.82) is 0 Å². The highest BCUT2D eigenvalue weighted by Crippen LogP contribution is 2.31. The van der Waals surface area contributed by atoms with Gasteiger partial charge in [-0.05, 0) is 49.4 Å². The Morgan fingerprint density at radius 1 is 1.47 bits per heavy atom. The van der Waals surface area contributed by atoms with Crippen LogP contribution in [0.1, 0.15) is 37.8 Å². The van der Waals surface area contributed by atoms with Crippen LogP contribution in [-0.2, 0) is 0 Å². The molecule has 1 aliphatic rings. The van der Waals surface area contributed by atoms with E-state index in [1.165, 1.54) is 25.3 Å². The maximum atomic E-state index is 13.2. The number of rotatable bonds is 4. The average Bonchev–Trinajstić information content (AvgIpc) is 2.23. The number of anilines is 1. The number of benzene rings is 1. The third kappa shape index (κ3) is 2.78. The molecule has 1 aliphatic carbocycles.